The van der Waals surface area contributed by atoms with Crippen LogP contribution in [0.5, 0.6) is 0 Å². The van der Waals surface area contributed by atoms with Crippen LogP contribution >= 0.6 is 0 Å². The summed E-state index contributed by atoms with van der Waals surface area (Å²) in [5.74, 6) is 0. The zero-order valence-corrected chi connectivity index (χ0v) is 20.1. The lowest BCUT2D eigenvalue weighted by Gasteiger charge is -2.20. The van der Waals surface area contributed by atoms with Gasteiger partial charge < -0.3 is 24.8 Å². The highest BCUT2D eigenvalue weighted by Crippen LogP contribution is 2.20. The van der Waals surface area contributed by atoms with E-state index in [4.69, 9.17) is 14.6 Å². The summed E-state index contributed by atoms with van der Waals surface area (Å²) in [7, 11) is 0. The van der Waals surface area contributed by atoms with Crippen molar-refractivity contribution in [3.8, 4) is 0 Å². The summed E-state index contributed by atoms with van der Waals surface area (Å²) in [5.41, 5.74) is 0. The molecule has 0 spiro atoms. The van der Waals surface area contributed by atoms with Crippen molar-refractivity contribution in [1.82, 2.24) is 0 Å². The van der Waals surface area contributed by atoms with E-state index >= 15 is 0 Å². The molecular weight excluding hydrogens is 392 g/mol. The van der Waals surface area contributed by atoms with Gasteiger partial charge in [0.05, 0.1) is 13.2 Å². The number of hydrogen-bond acceptors (Lipinski definition) is 5. The predicted molar refractivity (Wildman–Crippen MR) is 127 cm³/mol. The van der Waals surface area contributed by atoms with E-state index in [-0.39, 0.29) is 6.61 Å². The molecule has 4 atom stereocenters. The van der Waals surface area contributed by atoms with Crippen molar-refractivity contribution in [2.45, 2.75) is 134 Å². The number of allylic oxidation sites excluding steroid dienone is 2. The molecule has 1 heterocycles. The molecule has 1 aliphatic rings. The molecule has 5 heteroatoms. The molecule has 1 saturated heterocycles. The van der Waals surface area contributed by atoms with Gasteiger partial charge in [0.15, 0.2) is 0 Å². The highest BCUT2D eigenvalue weighted by Gasteiger charge is 2.40. The topological polar surface area (TPSA) is 79.2 Å². The first-order chi connectivity index (χ1) is 15.2. The van der Waals surface area contributed by atoms with Gasteiger partial charge in [-0.1, -0.05) is 89.7 Å². The van der Waals surface area contributed by atoms with Crippen LogP contribution < -0.4 is 0 Å². The summed E-state index contributed by atoms with van der Waals surface area (Å²) in [6.07, 6.45) is 22.4. The van der Waals surface area contributed by atoms with E-state index in [2.05, 4.69) is 19.1 Å². The molecule has 0 amide bonds. The SMILES string of the molecule is CCCCCC/C=C/CCCCCCCCCCCCO[C@H]1CO[C@H]([C@H](O)CO)[C@@H]1O. The maximum atomic E-state index is 10.1. The lowest BCUT2D eigenvalue weighted by atomic mass is 10.1. The summed E-state index contributed by atoms with van der Waals surface area (Å²) < 4.78 is 11.0. The van der Waals surface area contributed by atoms with E-state index < -0.39 is 31.0 Å². The van der Waals surface area contributed by atoms with Crippen LogP contribution in [-0.2, 0) is 9.47 Å². The van der Waals surface area contributed by atoms with Crippen LogP contribution in [0.25, 0.3) is 0 Å². The van der Waals surface area contributed by atoms with Crippen molar-refractivity contribution in [1.29, 1.82) is 0 Å². The lowest BCUT2D eigenvalue weighted by Crippen LogP contribution is -2.41. The molecule has 0 radical (unpaired) electrons. The third-order valence-corrected chi connectivity index (χ3v) is 6.22. The van der Waals surface area contributed by atoms with Crippen molar-refractivity contribution < 1.29 is 24.8 Å². The van der Waals surface area contributed by atoms with Crippen LogP contribution in [0.15, 0.2) is 12.2 Å². The van der Waals surface area contributed by atoms with E-state index in [0.717, 1.165) is 12.8 Å². The molecule has 0 aliphatic carbocycles. The Hall–Kier alpha value is -0.460. The molecule has 3 N–H and O–H groups in total. The zero-order valence-electron chi connectivity index (χ0n) is 20.1. The number of hydrogen-bond donors (Lipinski definition) is 3. The molecule has 1 rings (SSSR count). The Balaban J connectivity index is 1.79. The zero-order chi connectivity index (χ0) is 22.6. The van der Waals surface area contributed by atoms with Gasteiger partial charge in [0.2, 0.25) is 0 Å². The van der Waals surface area contributed by atoms with Crippen LogP contribution in [0, 0.1) is 0 Å². The van der Waals surface area contributed by atoms with Gasteiger partial charge in [-0.3, -0.25) is 0 Å². The number of ether oxygens (including phenoxy) is 2. The summed E-state index contributed by atoms with van der Waals surface area (Å²) in [5, 5.41) is 28.6. The van der Waals surface area contributed by atoms with E-state index in [0.29, 0.717) is 6.61 Å². The van der Waals surface area contributed by atoms with Crippen molar-refractivity contribution in [3.05, 3.63) is 12.2 Å². The summed E-state index contributed by atoms with van der Waals surface area (Å²) >= 11 is 0. The molecule has 0 bridgehead atoms. The molecule has 1 aliphatic heterocycles. The Kier molecular flexibility index (Phi) is 18.6. The smallest absolute Gasteiger partial charge is 0.114 e. The molecule has 1 fully saturated rings. The standard InChI is InChI=1S/C26H50O5/c1-2-3-4-5-6-7-8-9-10-11-12-13-14-15-16-17-18-19-20-30-24-22-31-26(25(24)29)23(28)21-27/h7-8,23-29H,2-6,9-22H2,1H3/b8-7+/t23-,24+,25-,26-/m1/s1. The Morgan fingerprint density at radius 1 is 0.839 bits per heavy atom. The summed E-state index contributed by atoms with van der Waals surface area (Å²) in [6, 6.07) is 0. The van der Waals surface area contributed by atoms with E-state index in [1.807, 2.05) is 0 Å². The van der Waals surface area contributed by atoms with Gasteiger partial charge in [0, 0.05) is 6.61 Å². The second-order valence-corrected chi connectivity index (χ2v) is 9.09. The van der Waals surface area contributed by atoms with Gasteiger partial charge in [-0.15, -0.1) is 0 Å². The first kappa shape index (κ1) is 28.6. The fourth-order valence-corrected chi connectivity index (χ4v) is 4.14. The highest BCUT2D eigenvalue weighted by atomic mass is 16.6. The van der Waals surface area contributed by atoms with Crippen LogP contribution in [0.1, 0.15) is 110 Å². The van der Waals surface area contributed by atoms with E-state index in [1.54, 1.807) is 0 Å². The molecule has 0 unspecified atom stereocenters. The Morgan fingerprint density at radius 2 is 1.35 bits per heavy atom. The van der Waals surface area contributed by atoms with E-state index in [1.165, 1.54) is 89.9 Å². The largest absolute Gasteiger partial charge is 0.394 e. The number of aliphatic hydroxyl groups is 3. The van der Waals surface area contributed by atoms with Gasteiger partial charge in [0.25, 0.3) is 0 Å². The van der Waals surface area contributed by atoms with Crippen LogP contribution in [-0.4, -0.2) is 59.6 Å². The van der Waals surface area contributed by atoms with Crippen LogP contribution in [0.3, 0.4) is 0 Å². The average molecular weight is 443 g/mol. The minimum absolute atomic E-state index is 0.276. The minimum Gasteiger partial charge on any atom is -0.394 e. The maximum Gasteiger partial charge on any atom is 0.114 e. The third-order valence-electron chi connectivity index (χ3n) is 6.22. The second kappa shape index (κ2) is 20.2. The van der Waals surface area contributed by atoms with Crippen LogP contribution in [0.2, 0.25) is 0 Å². The lowest BCUT2D eigenvalue weighted by molar-refractivity contribution is -0.0730. The molecule has 0 saturated carbocycles. The van der Waals surface area contributed by atoms with Gasteiger partial charge in [-0.2, -0.15) is 0 Å². The second-order valence-electron chi connectivity index (χ2n) is 9.09. The quantitative estimate of drug-likeness (QED) is 0.166. The number of aliphatic hydroxyl groups excluding tert-OH is 3. The first-order valence-corrected chi connectivity index (χ1v) is 13.1. The van der Waals surface area contributed by atoms with Crippen LogP contribution in [0.4, 0.5) is 0 Å². The third kappa shape index (κ3) is 14.3. The fourth-order valence-electron chi connectivity index (χ4n) is 4.14. The van der Waals surface area contributed by atoms with Crippen molar-refractivity contribution in [3.63, 3.8) is 0 Å². The van der Waals surface area contributed by atoms with Crippen molar-refractivity contribution >= 4 is 0 Å². The van der Waals surface area contributed by atoms with Gasteiger partial charge in [-0.25, -0.2) is 0 Å². The molecule has 0 aromatic carbocycles. The molecule has 5 nitrogen and oxygen atoms in total. The van der Waals surface area contributed by atoms with Gasteiger partial charge in [-0.05, 0) is 32.1 Å². The minimum atomic E-state index is -1.05. The predicted octanol–water partition coefficient (Wildman–Crippen LogP) is 5.30. The van der Waals surface area contributed by atoms with E-state index in [9.17, 15) is 10.2 Å². The van der Waals surface area contributed by atoms with Crippen molar-refractivity contribution in [2.75, 3.05) is 19.8 Å². The van der Waals surface area contributed by atoms with Gasteiger partial charge >= 0.3 is 0 Å². The fraction of sp³-hybridized carbons (Fsp3) is 0.923. The summed E-state index contributed by atoms with van der Waals surface area (Å²) in [6.45, 7) is 2.74. The maximum absolute atomic E-state index is 10.1. The highest BCUT2D eigenvalue weighted by molar-refractivity contribution is 4.88. The Bertz CT molecular complexity index is 415. The number of unbranched alkanes of at least 4 members (excludes halogenated alkanes) is 14. The monoisotopic (exact) mass is 442 g/mol. The first-order valence-electron chi connectivity index (χ1n) is 13.1. The number of rotatable bonds is 21. The molecule has 184 valence electrons. The molecule has 0 aromatic rings. The normalized spacial score (nSPS) is 22.5. The Labute approximate surface area is 191 Å². The average Bonchev–Trinajstić information content (AvgIpc) is 3.15. The Morgan fingerprint density at radius 3 is 1.90 bits per heavy atom. The van der Waals surface area contributed by atoms with Gasteiger partial charge in [0.1, 0.15) is 24.4 Å². The molecule has 0 aromatic heterocycles. The molecule has 31 heavy (non-hydrogen) atoms. The molecular formula is C26H50O5. The van der Waals surface area contributed by atoms with Crippen molar-refractivity contribution in [2.24, 2.45) is 0 Å². The summed E-state index contributed by atoms with van der Waals surface area (Å²) in [4.78, 5) is 0.